The van der Waals surface area contributed by atoms with Gasteiger partial charge in [-0.05, 0) is 30.2 Å². The Morgan fingerprint density at radius 3 is 2.56 bits per heavy atom. The lowest BCUT2D eigenvalue weighted by Crippen LogP contribution is -2.11. The number of fused-ring (bicyclic) bond motifs is 1. The fraction of sp³-hybridized carbons (Fsp3) is 0.0952. The summed E-state index contributed by atoms with van der Waals surface area (Å²) in [5.41, 5.74) is 2.54. The van der Waals surface area contributed by atoms with Crippen molar-refractivity contribution in [2.45, 2.75) is 13.3 Å². The van der Waals surface area contributed by atoms with Crippen LogP contribution in [0.25, 0.3) is 11.0 Å². The summed E-state index contributed by atoms with van der Waals surface area (Å²) < 4.78 is 11.2. The van der Waals surface area contributed by atoms with Gasteiger partial charge in [-0.15, -0.1) is 0 Å². The first-order valence-corrected chi connectivity index (χ1v) is 8.74. The van der Waals surface area contributed by atoms with Crippen LogP contribution >= 0.6 is 11.6 Å². The van der Waals surface area contributed by atoms with Gasteiger partial charge in [0.05, 0.1) is 5.02 Å². The van der Waals surface area contributed by atoms with Gasteiger partial charge in [-0.2, -0.15) is 0 Å². The molecule has 0 saturated carbocycles. The smallest absolute Gasteiger partial charge is 0.340 e. The van der Waals surface area contributed by atoms with Gasteiger partial charge in [-0.3, -0.25) is 0 Å². The maximum Gasteiger partial charge on any atom is 0.340 e. The molecular formula is C21H15ClN2O3. The molecule has 0 bridgehead atoms. The van der Waals surface area contributed by atoms with E-state index in [2.05, 4.69) is 9.97 Å². The molecule has 4 aromatic rings. The van der Waals surface area contributed by atoms with Gasteiger partial charge in [-0.25, -0.2) is 14.8 Å². The number of aryl methyl sites for hydroxylation is 1. The molecule has 2 aromatic carbocycles. The lowest BCUT2D eigenvalue weighted by molar-refractivity contribution is 0.441. The van der Waals surface area contributed by atoms with Crippen molar-refractivity contribution in [3.05, 3.63) is 93.1 Å². The number of halogens is 1. The highest BCUT2D eigenvalue weighted by Gasteiger charge is 2.15. The SMILES string of the molecule is Cc1c(Cc2ccccc2)c(=O)oc2cc(Oc3ncccn3)c(Cl)cc12. The van der Waals surface area contributed by atoms with E-state index in [1.54, 1.807) is 30.6 Å². The molecule has 0 amide bonds. The number of hydrogen-bond acceptors (Lipinski definition) is 5. The van der Waals surface area contributed by atoms with Crippen LogP contribution in [-0.4, -0.2) is 9.97 Å². The Balaban J connectivity index is 1.77. The number of ether oxygens (including phenoxy) is 1. The number of rotatable bonds is 4. The molecule has 0 unspecified atom stereocenters. The summed E-state index contributed by atoms with van der Waals surface area (Å²) in [5, 5.41) is 1.16. The van der Waals surface area contributed by atoms with E-state index in [0.29, 0.717) is 28.3 Å². The zero-order valence-electron chi connectivity index (χ0n) is 14.5. The second kappa shape index (κ2) is 7.21. The molecule has 0 spiro atoms. The van der Waals surface area contributed by atoms with E-state index in [-0.39, 0.29) is 11.6 Å². The van der Waals surface area contributed by atoms with Gasteiger partial charge < -0.3 is 9.15 Å². The Labute approximate surface area is 160 Å². The van der Waals surface area contributed by atoms with Crippen molar-refractivity contribution in [1.29, 1.82) is 0 Å². The predicted octanol–water partition coefficient (Wildman–Crippen LogP) is 4.93. The van der Waals surface area contributed by atoms with Crippen molar-refractivity contribution in [3.8, 4) is 11.8 Å². The zero-order chi connectivity index (χ0) is 18.8. The molecule has 6 heteroatoms. The van der Waals surface area contributed by atoms with Gasteiger partial charge in [0.2, 0.25) is 0 Å². The number of hydrogen-bond donors (Lipinski definition) is 0. The third kappa shape index (κ3) is 3.55. The van der Waals surface area contributed by atoms with Crippen LogP contribution < -0.4 is 10.4 Å². The van der Waals surface area contributed by atoms with Crippen LogP contribution in [-0.2, 0) is 6.42 Å². The van der Waals surface area contributed by atoms with Crippen molar-refractivity contribution < 1.29 is 9.15 Å². The molecule has 0 fully saturated rings. The number of nitrogens with zero attached hydrogens (tertiary/aromatic N) is 2. The number of benzene rings is 2. The maximum absolute atomic E-state index is 12.5. The van der Waals surface area contributed by atoms with Crippen LogP contribution in [0.2, 0.25) is 5.02 Å². The predicted molar refractivity (Wildman–Crippen MR) is 104 cm³/mol. The topological polar surface area (TPSA) is 65.2 Å². The van der Waals surface area contributed by atoms with E-state index in [1.807, 2.05) is 37.3 Å². The van der Waals surface area contributed by atoms with E-state index in [9.17, 15) is 4.79 Å². The molecule has 0 aliphatic rings. The van der Waals surface area contributed by atoms with Gasteiger partial charge in [0.15, 0.2) is 5.75 Å². The minimum atomic E-state index is -0.368. The molecule has 0 N–H and O–H groups in total. The van der Waals surface area contributed by atoms with Crippen LogP contribution in [0.4, 0.5) is 0 Å². The van der Waals surface area contributed by atoms with Crippen LogP contribution in [0.15, 0.2) is 70.1 Å². The summed E-state index contributed by atoms with van der Waals surface area (Å²) in [6, 6.07) is 15.0. The summed E-state index contributed by atoms with van der Waals surface area (Å²) in [7, 11) is 0. The van der Waals surface area contributed by atoms with Crippen molar-refractivity contribution in [1.82, 2.24) is 9.97 Å². The highest BCUT2D eigenvalue weighted by molar-refractivity contribution is 6.32. The Bertz CT molecular complexity index is 1160. The first-order chi connectivity index (χ1) is 13.1. The number of aromatic nitrogens is 2. The van der Waals surface area contributed by atoms with Gasteiger partial charge in [-0.1, -0.05) is 41.9 Å². The lowest BCUT2D eigenvalue weighted by atomic mass is 9.99. The second-order valence-corrected chi connectivity index (χ2v) is 6.47. The highest BCUT2D eigenvalue weighted by atomic mass is 35.5. The molecular weight excluding hydrogens is 364 g/mol. The largest absolute Gasteiger partial charge is 0.423 e. The summed E-state index contributed by atoms with van der Waals surface area (Å²) in [4.78, 5) is 20.6. The van der Waals surface area contributed by atoms with Crippen molar-refractivity contribution in [2.75, 3.05) is 0 Å². The maximum atomic E-state index is 12.5. The molecule has 0 atom stereocenters. The van der Waals surface area contributed by atoms with E-state index < -0.39 is 0 Å². The van der Waals surface area contributed by atoms with Gasteiger partial charge >= 0.3 is 11.6 Å². The zero-order valence-corrected chi connectivity index (χ0v) is 15.2. The molecule has 0 saturated heterocycles. The highest BCUT2D eigenvalue weighted by Crippen LogP contribution is 2.34. The third-order valence-electron chi connectivity index (χ3n) is 4.31. The van der Waals surface area contributed by atoms with E-state index >= 15 is 0 Å². The summed E-state index contributed by atoms with van der Waals surface area (Å²) >= 11 is 6.38. The summed E-state index contributed by atoms with van der Waals surface area (Å²) in [5.74, 6) is 0.328. The fourth-order valence-corrected chi connectivity index (χ4v) is 3.11. The lowest BCUT2D eigenvalue weighted by Gasteiger charge is -2.11. The molecule has 0 radical (unpaired) electrons. The normalized spacial score (nSPS) is 10.9. The monoisotopic (exact) mass is 378 g/mol. The van der Waals surface area contributed by atoms with Gasteiger partial charge in [0.1, 0.15) is 5.58 Å². The average Bonchev–Trinajstić information content (AvgIpc) is 2.68. The van der Waals surface area contributed by atoms with E-state index in [1.165, 1.54) is 0 Å². The first-order valence-electron chi connectivity index (χ1n) is 8.36. The summed E-state index contributed by atoms with van der Waals surface area (Å²) in [6.07, 6.45) is 3.63. The van der Waals surface area contributed by atoms with Crippen LogP contribution in [0.5, 0.6) is 11.8 Å². The third-order valence-corrected chi connectivity index (χ3v) is 4.60. The Morgan fingerprint density at radius 1 is 1.07 bits per heavy atom. The van der Waals surface area contributed by atoms with E-state index in [4.69, 9.17) is 20.8 Å². The molecule has 2 aromatic heterocycles. The Kier molecular flexibility index (Phi) is 4.60. The van der Waals surface area contributed by atoms with Crippen molar-refractivity contribution in [3.63, 3.8) is 0 Å². The Morgan fingerprint density at radius 2 is 1.81 bits per heavy atom. The van der Waals surface area contributed by atoms with Gasteiger partial charge in [0.25, 0.3) is 0 Å². The quantitative estimate of drug-likeness (QED) is 0.471. The fourth-order valence-electron chi connectivity index (χ4n) is 2.91. The molecule has 2 heterocycles. The molecule has 27 heavy (non-hydrogen) atoms. The molecule has 0 aliphatic heterocycles. The van der Waals surface area contributed by atoms with Crippen molar-refractivity contribution >= 4 is 22.6 Å². The van der Waals surface area contributed by atoms with Crippen molar-refractivity contribution in [2.24, 2.45) is 0 Å². The minimum absolute atomic E-state index is 0.165. The van der Waals surface area contributed by atoms with Crippen LogP contribution in [0, 0.1) is 6.92 Å². The molecule has 134 valence electrons. The van der Waals surface area contributed by atoms with Crippen LogP contribution in [0.3, 0.4) is 0 Å². The first kappa shape index (κ1) is 17.2. The van der Waals surface area contributed by atoms with Gasteiger partial charge in [0, 0.05) is 35.8 Å². The van der Waals surface area contributed by atoms with Crippen LogP contribution in [0.1, 0.15) is 16.7 Å². The molecule has 5 nitrogen and oxygen atoms in total. The minimum Gasteiger partial charge on any atom is -0.423 e. The molecule has 4 rings (SSSR count). The average molecular weight is 379 g/mol. The Hall–Kier alpha value is -3.18. The van der Waals surface area contributed by atoms with E-state index in [0.717, 1.165) is 16.5 Å². The second-order valence-electron chi connectivity index (χ2n) is 6.07. The standard InChI is InChI=1S/C21H15ClN2O3/c1-13-15-11-17(22)19(27-21-23-8-5-9-24-21)12-18(15)26-20(25)16(13)10-14-6-3-2-4-7-14/h2-9,11-12H,10H2,1H3. The summed E-state index contributed by atoms with van der Waals surface area (Å²) in [6.45, 7) is 1.90. The molecule has 0 aliphatic carbocycles.